The van der Waals surface area contributed by atoms with Crippen LogP contribution in [0.2, 0.25) is 5.02 Å². The third kappa shape index (κ3) is 7.19. The van der Waals surface area contributed by atoms with Gasteiger partial charge in [0, 0.05) is 33.1 Å². The molecule has 0 bridgehead atoms. The number of piperidine rings is 1. The van der Waals surface area contributed by atoms with Crippen LogP contribution in [0.5, 0.6) is 0 Å². The molecule has 11 heteroatoms. The zero-order chi connectivity index (χ0) is 23.0. The summed E-state index contributed by atoms with van der Waals surface area (Å²) in [5, 5.41) is 0.0895. The molecular weight excluding hydrogens is 446 g/mol. The minimum Gasteiger partial charge on any atom is -0.466 e. The zero-order valence-electron chi connectivity index (χ0n) is 17.7. The summed E-state index contributed by atoms with van der Waals surface area (Å²) in [4.78, 5) is 39.6. The Kier molecular flexibility index (Phi) is 9.27. The number of benzene rings is 1. The number of halogens is 1. The summed E-state index contributed by atoms with van der Waals surface area (Å²) in [5.74, 6) is -1.30. The number of likely N-dealkylation sites (N-methyl/N-ethyl adjacent to an activating group) is 1. The maximum atomic E-state index is 12.5. The Hall–Kier alpha value is -2.17. The molecule has 0 aliphatic carbocycles. The summed E-state index contributed by atoms with van der Waals surface area (Å²) < 4.78 is 32.0. The summed E-state index contributed by atoms with van der Waals surface area (Å²) >= 11 is 5.91. The van der Waals surface area contributed by atoms with Crippen LogP contribution in [0.25, 0.3) is 0 Å². The van der Waals surface area contributed by atoms with Crippen molar-refractivity contribution in [1.29, 1.82) is 0 Å². The third-order valence-corrected chi connectivity index (χ3v) is 6.91. The van der Waals surface area contributed by atoms with Crippen LogP contribution in [-0.2, 0) is 29.1 Å². The minimum absolute atomic E-state index is 0.0612. The van der Waals surface area contributed by atoms with E-state index < -0.39 is 10.0 Å². The first-order valence-corrected chi connectivity index (χ1v) is 11.9. The van der Waals surface area contributed by atoms with E-state index in [0.717, 1.165) is 0 Å². The summed E-state index contributed by atoms with van der Waals surface area (Å²) in [6, 6.07) is 6.01. The molecule has 1 heterocycles. The van der Waals surface area contributed by atoms with E-state index in [2.05, 4.69) is 4.72 Å². The lowest BCUT2D eigenvalue weighted by molar-refractivity contribution is -0.152. The van der Waals surface area contributed by atoms with Gasteiger partial charge < -0.3 is 14.5 Å². The Morgan fingerprint density at radius 2 is 2.00 bits per heavy atom. The summed E-state index contributed by atoms with van der Waals surface area (Å²) in [7, 11) is -2.36. The number of esters is 1. The van der Waals surface area contributed by atoms with E-state index in [0.29, 0.717) is 26.0 Å². The molecule has 1 atom stereocenters. The van der Waals surface area contributed by atoms with Crippen molar-refractivity contribution in [2.45, 2.75) is 31.1 Å². The molecule has 31 heavy (non-hydrogen) atoms. The Labute approximate surface area is 187 Å². The Bertz CT molecular complexity index is 908. The molecule has 0 aromatic heterocycles. The molecule has 0 spiro atoms. The smallest absolute Gasteiger partial charge is 0.310 e. The molecule has 1 aromatic rings. The number of rotatable bonds is 9. The average Bonchev–Trinajstić information content (AvgIpc) is 2.73. The molecule has 9 nitrogen and oxygen atoms in total. The predicted octanol–water partition coefficient (Wildman–Crippen LogP) is 1.27. The SMILES string of the molecule is CCOC(=O)C1CCCN(C(=O)CN(C)C(=O)CCNS(=O)(=O)c2ccccc2Cl)C1. The molecular formula is C20H28ClN3O6S. The van der Waals surface area contributed by atoms with E-state index in [9.17, 15) is 22.8 Å². The largest absolute Gasteiger partial charge is 0.466 e. The third-order valence-electron chi connectivity index (χ3n) is 4.95. The van der Waals surface area contributed by atoms with Crippen molar-refractivity contribution in [1.82, 2.24) is 14.5 Å². The number of nitrogens with one attached hydrogen (secondary N) is 1. The monoisotopic (exact) mass is 473 g/mol. The molecule has 1 aliphatic rings. The second-order valence-electron chi connectivity index (χ2n) is 7.26. The molecule has 2 rings (SSSR count). The lowest BCUT2D eigenvalue weighted by Crippen LogP contribution is -2.47. The van der Waals surface area contributed by atoms with Crippen molar-refractivity contribution in [3.05, 3.63) is 29.3 Å². The molecule has 1 fully saturated rings. The Morgan fingerprint density at radius 1 is 1.29 bits per heavy atom. The first kappa shape index (κ1) is 25.1. The Morgan fingerprint density at radius 3 is 2.68 bits per heavy atom. The van der Waals surface area contributed by atoms with Crippen molar-refractivity contribution < 1.29 is 27.5 Å². The van der Waals surface area contributed by atoms with Crippen LogP contribution in [0.1, 0.15) is 26.2 Å². The van der Waals surface area contributed by atoms with Gasteiger partial charge in [0.15, 0.2) is 0 Å². The maximum Gasteiger partial charge on any atom is 0.310 e. The van der Waals surface area contributed by atoms with Crippen molar-refractivity contribution in [3.63, 3.8) is 0 Å². The van der Waals surface area contributed by atoms with Gasteiger partial charge in [-0.15, -0.1) is 0 Å². The molecule has 1 aliphatic heterocycles. The highest BCUT2D eigenvalue weighted by atomic mass is 35.5. The van der Waals surface area contributed by atoms with E-state index in [1.807, 2.05) is 0 Å². The van der Waals surface area contributed by atoms with Crippen LogP contribution in [0.15, 0.2) is 29.2 Å². The van der Waals surface area contributed by atoms with Crippen LogP contribution in [-0.4, -0.2) is 75.8 Å². The van der Waals surface area contributed by atoms with Gasteiger partial charge >= 0.3 is 5.97 Å². The highest BCUT2D eigenvalue weighted by Gasteiger charge is 2.30. The topological polar surface area (TPSA) is 113 Å². The first-order valence-electron chi connectivity index (χ1n) is 10.1. The second-order valence-corrected chi connectivity index (χ2v) is 9.40. The summed E-state index contributed by atoms with van der Waals surface area (Å²) in [6.07, 6.45) is 1.25. The fourth-order valence-electron chi connectivity index (χ4n) is 3.27. The number of amides is 2. The maximum absolute atomic E-state index is 12.5. The van der Waals surface area contributed by atoms with Crippen molar-refractivity contribution in [3.8, 4) is 0 Å². The van der Waals surface area contributed by atoms with Gasteiger partial charge in [-0.3, -0.25) is 14.4 Å². The van der Waals surface area contributed by atoms with Crippen LogP contribution in [0.4, 0.5) is 0 Å². The molecule has 1 aromatic carbocycles. The second kappa shape index (κ2) is 11.4. The lowest BCUT2D eigenvalue weighted by atomic mass is 9.98. The number of carbonyl (C=O) groups is 3. The van der Waals surface area contributed by atoms with Gasteiger partial charge in [-0.25, -0.2) is 13.1 Å². The molecule has 172 valence electrons. The number of nitrogens with zero attached hydrogens (tertiary/aromatic N) is 2. The van der Waals surface area contributed by atoms with E-state index in [1.165, 1.54) is 24.1 Å². The van der Waals surface area contributed by atoms with Gasteiger partial charge in [0.2, 0.25) is 21.8 Å². The van der Waals surface area contributed by atoms with Gasteiger partial charge in [0.05, 0.1) is 24.1 Å². The van der Waals surface area contributed by atoms with Gasteiger partial charge in [-0.05, 0) is 31.9 Å². The van der Waals surface area contributed by atoms with Crippen molar-refractivity contribution in [2.75, 3.05) is 39.8 Å². The standard InChI is InChI=1S/C20H28ClN3O6S/c1-3-30-20(27)15-7-6-12-24(13-15)19(26)14-23(2)18(25)10-11-22-31(28,29)17-9-5-4-8-16(17)21/h4-5,8-9,15,22H,3,6-7,10-14H2,1-2H3. The van der Waals surface area contributed by atoms with Crippen LogP contribution in [0, 0.1) is 5.92 Å². The normalized spacial score (nSPS) is 16.6. The lowest BCUT2D eigenvalue weighted by Gasteiger charge is -2.32. The van der Waals surface area contributed by atoms with Crippen molar-refractivity contribution >= 4 is 39.4 Å². The number of hydrogen-bond donors (Lipinski definition) is 1. The van der Waals surface area contributed by atoms with Crippen LogP contribution in [0.3, 0.4) is 0 Å². The van der Waals surface area contributed by atoms with E-state index in [-0.39, 0.29) is 59.7 Å². The highest BCUT2D eigenvalue weighted by molar-refractivity contribution is 7.89. The van der Waals surface area contributed by atoms with E-state index in [4.69, 9.17) is 16.3 Å². The van der Waals surface area contributed by atoms with Gasteiger partial charge in [0.25, 0.3) is 0 Å². The van der Waals surface area contributed by atoms with Crippen molar-refractivity contribution in [2.24, 2.45) is 5.92 Å². The fraction of sp³-hybridized carbons (Fsp3) is 0.550. The van der Waals surface area contributed by atoms with E-state index >= 15 is 0 Å². The highest BCUT2D eigenvalue weighted by Crippen LogP contribution is 2.20. The summed E-state index contributed by atoms with van der Waals surface area (Å²) in [6.45, 7) is 2.55. The van der Waals surface area contributed by atoms with Gasteiger partial charge in [0.1, 0.15) is 4.90 Å². The number of sulfonamides is 1. The summed E-state index contributed by atoms with van der Waals surface area (Å²) in [5.41, 5.74) is 0. The quantitative estimate of drug-likeness (QED) is 0.540. The molecule has 1 saturated heterocycles. The molecule has 1 unspecified atom stereocenters. The fourth-order valence-corrected chi connectivity index (χ4v) is 4.82. The van der Waals surface area contributed by atoms with Gasteiger partial charge in [-0.2, -0.15) is 0 Å². The number of likely N-dealkylation sites (tertiary alicyclic amines) is 1. The predicted molar refractivity (Wildman–Crippen MR) is 115 cm³/mol. The number of carbonyl (C=O) groups excluding carboxylic acids is 3. The van der Waals surface area contributed by atoms with Crippen LogP contribution < -0.4 is 4.72 Å². The van der Waals surface area contributed by atoms with Gasteiger partial charge in [-0.1, -0.05) is 23.7 Å². The number of hydrogen-bond acceptors (Lipinski definition) is 6. The molecule has 0 radical (unpaired) electrons. The Balaban J connectivity index is 1.82. The molecule has 0 saturated carbocycles. The first-order chi connectivity index (χ1) is 14.7. The van der Waals surface area contributed by atoms with E-state index in [1.54, 1.807) is 24.0 Å². The molecule has 2 amide bonds. The minimum atomic E-state index is -3.84. The van der Waals surface area contributed by atoms with Crippen LogP contribution >= 0.6 is 11.6 Å². The average molecular weight is 474 g/mol. The molecule has 1 N–H and O–H groups in total. The number of ether oxygens (including phenoxy) is 1. The zero-order valence-corrected chi connectivity index (χ0v) is 19.2.